The van der Waals surface area contributed by atoms with Gasteiger partial charge in [0.05, 0.1) is 5.92 Å². The minimum Gasteiger partial charge on any atom is -0.490 e. The van der Waals surface area contributed by atoms with Crippen molar-refractivity contribution in [3.8, 4) is 5.75 Å². The Balaban J connectivity index is 1.95. The second kappa shape index (κ2) is 7.10. The van der Waals surface area contributed by atoms with Gasteiger partial charge in [0.1, 0.15) is 12.4 Å². The molecule has 2 rings (SSSR count). The lowest BCUT2D eigenvalue weighted by Gasteiger charge is -2.30. The first kappa shape index (κ1) is 14.6. The Bertz CT molecular complexity index is 473. The van der Waals surface area contributed by atoms with E-state index >= 15 is 0 Å². The fourth-order valence-corrected chi connectivity index (χ4v) is 2.55. The van der Waals surface area contributed by atoms with Gasteiger partial charge in [0.15, 0.2) is 0 Å². The molecular weight excluding hydrogens is 254 g/mol. The van der Waals surface area contributed by atoms with E-state index in [-0.39, 0.29) is 5.92 Å². The lowest BCUT2D eigenvalue weighted by Crippen LogP contribution is -2.38. The molecule has 1 atom stereocenters. The van der Waals surface area contributed by atoms with Crippen LogP contribution in [0.2, 0.25) is 0 Å². The standard InChI is InChI=1S/C16H21NO3/c1-2-9-20-15-7-3-5-13(10-15)11-17-8-4-6-14(12-17)16(18)19/h2-3,5,7,10,14H,1,4,6,8-9,11-12H2,(H,18,19). The molecule has 1 N–H and O–H groups in total. The lowest BCUT2D eigenvalue weighted by molar-refractivity contribution is -0.143. The minimum atomic E-state index is -0.683. The molecule has 0 radical (unpaired) electrons. The fraction of sp³-hybridized carbons (Fsp3) is 0.438. The molecule has 0 aromatic heterocycles. The number of piperidine rings is 1. The van der Waals surface area contributed by atoms with Gasteiger partial charge in [0.2, 0.25) is 0 Å². The second-order valence-corrected chi connectivity index (χ2v) is 5.16. The third-order valence-electron chi connectivity index (χ3n) is 3.53. The molecule has 0 aliphatic carbocycles. The maximum absolute atomic E-state index is 11.1. The summed E-state index contributed by atoms with van der Waals surface area (Å²) in [7, 11) is 0. The molecule has 108 valence electrons. The monoisotopic (exact) mass is 275 g/mol. The highest BCUT2D eigenvalue weighted by Crippen LogP contribution is 2.20. The van der Waals surface area contributed by atoms with Crippen molar-refractivity contribution in [1.29, 1.82) is 0 Å². The molecule has 1 aromatic rings. The summed E-state index contributed by atoms with van der Waals surface area (Å²) in [5, 5.41) is 9.11. The number of benzene rings is 1. The van der Waals surface area contributed by atoms with E-state index in [0.29, 0.717) is 13.2 Å². The van der Waals surface area contributed by atoms with Gasteiger partial charge in [-0.3, -0.25) is 9.69 Å². The summed E-state index contributed by atoms with van der Waals surface area (Å²) in [6.45, 7) is 6.49. The molecule has 0 spiro atoms. The Hall–Kier alpha value is -1.81. The molecule has 1 aliphatic rings. The number of carbonyl (C=O) groups is 1. The quantitative estimate of drug-likeness (QED) is 0.811. The van der Waals surface area contributed by atoms with E-state index in [4.69, 9.17) is 9.84 Å². The van der Waals surface area contributed by atoms with Crippen molar-refractivity contribution in [2.45, 2.75) is 19.4 Å². The van der Waals surface area contributed by atoms with Gasteiger partial charge in [-0.1, -0.05) is 24.8 Å². The van der Waals surface area contributed by atoms with Crippen LogP contribution in [0, 0.1) is 5.92 Å². The van der Waals surface area contributed by atoms with Crippen molar-refractivity contribution in [3.63, 3.8) is 0 Å². The highest BCUT2D eigenvalue weighted by molar-refractivity contribution is 5.70. The first-order valence-electron chi connectivity index (χ1n) is 6.97. The Morgan fingerprint density at radius 1 is 1.55 bits per heavy atom. The van der Waals surface area contributed by atoms with Gasteiger partial charge in [0, 0.05) is 13.1 Å². The number of carboxylic acid groups (broad SMARTS) is 1. The number of likely N-dealkylation sites (tertiary alicyclic amines) is 1. The zero-order valence-electron chi connectivity index (χ0n) is 11.6. The molecule has 0 saturated carbocycles. The van der Waals surface area contributed by atoms with E-state index in [1.807, 2.05) is 24.3 Å². The van der Waals surface area contributed by atoms with Crippen molar-refractivity contribution >= 4 is 5.97 Å². The van der Waals surface area contributed by atoms with Crippen LogP contribution in [-0.2, 0) is 11.3 Å². The molecule has 0 amide bonds. The molecule has 1 aromatic carbocycles. The van der Waals surface area contributed by atoms with E-state index in [1.54, 1.807) is 6.08 Å². The van der Waals surface area contributed by atoms with Crippen molar-refractivity contribution in [2.24, 2.45) is 5.92 Å². The summed E-state index contributed by atoms with van der Waals surface area (Å²) >= 11 is 0. The minimum absolute atomic E-state index is 0.232. The predicted molar refractivity (Wildman–Crippen MR) is 77.8 cm³/mol. The van der Waals surface area contributed by atoms with Crippen molar-refractivity contribution in [1.82, 2.24) is 4.90 Å². The third kappa shape index (κ3) is 4.10. The molecule has 1 heterocycles. The predicted octanol–water partition coefficient (Wildman–Crippen LogP) is 2.55. The van der Waals surface area contributed by atoms with Crippen LogP contribution in [-0.4, -0.2) is 35.7 Å². The summed E-state index contributed by atoms with van der Waals surface area (Å²) < 4.78 is 5.51. The van der Waals surface area contributed by atoms with E-state index in [1.165, 1.54) is 0 Å². The Labute approximate surface area is 119 Å². The smallest absolute Gasteiger partial charge is 0.307 e. The number of aliphatic carboxylic acids is 1. The number of nitrogens with zero attached hydrogens (tertiary/aromatic N) is 1. The van der Waals surface area contributed by atoms with Crippen LogP contribution in [0.15, 0.2) is 36.9 Å². The van der Waals surface area contributed by atoms with Crippen LogP contribution in [0.5, 0.6) is 5.75 Å². The van der Waals surface area contributed by atoms with Crippen LogP contribution in [0.25, 0.3) is 0 Å². The number of hydrogen-bond donors (Lipinski definition) is 1. The molecular formula is C16H21NO3. The van der Waals surface area contributed by atoms with Crippen LogP contribution in [0.1, 0.15) is 18.4 Å². The molecule has 1 saturated heterocycles. The summed E-state index contributed by atoms with van der Waals surface area (Å²) in [6.07, 6.45) is 3.45. The van der Waals surface area contributed by atoms with Crippen LogP contribution < -0.4 is 4.74 Å². The average Bonchev–Trinajstić information content (AvgIpc) is 2.46. The first-order valence-corrected chi connectivity index (χ1v) is 6.97. The Kier molecular flexibility index (Phi) is 5.18. The Morgan fingerprint density at radius 3 is 3.15 bits per heavy atom. The van der Waals surface area contributed by atoms with Crippen LogP contribution in [0.4, 0.5) is 0 Å². The van der Waals surface area contributed by atoms with Crippen LogP contribution in [0.3, 0.4) is 0 Å². The molecule has 1 aliphatic heterocycles. The zero-order valence-corrected chi connectivity index (χ0v) is 11.6. The molecule has 1 fully saturated rings. The van der Waals surface area contributed by atoms with Gasteiger partial charge >= 0.3 is 5.97 Å². The van der Waals surface area contributed by atoms with Crippen molar-refractivity contribution < 1.29 is 14.6 Å². The maximum Gasteiger partial charge on any atom is 0.307 e. The summed E-state index contributed by atoms with van der Waals surface area (Å²) in [4.78, 5) is 13.3. The molecule has 0 bridgehead atoms. The van der Waals surface area contributed by atoms with Crippen molar-refractivity contribution in [3.05, 3.63) is 42.5 Å². The van der Waals surface area contributed by atoms with E-state index in [0.717, 1.165) is 37.2 Å². The number of hydrogen-bond acceptors (Lipinski definition) is 3. The average molecular weight is 275 g/mol. The summed E-state index contributed by atoms with van der Waals surface area (Å²) in [6, 6.07) is 7.94. The third-order valence-corrected chi connectivity index (χ3v) is 3.53. The summed E-state index contributed by atoms with van der Waals surface area (Å²) in [5.74, 6) is -0.0871. The number of carboxylic acids is 1. The lowest BCUT2D eigenvalue weighted by atomic mass is 9.98. The van der Waals surface area contributed by atoms with Crippen LogP contribution >= 0.6 is 0 Å². The number of rotatable bonds is 6. The Morgan fingerprint density at radius 2 is 2.40 bits per heavy atom. The second-order valence-electron chi connectivity index (χ2n) is 5.16. The van der Waals surface area contributed by atoms with Gasteiger partial charge in [-0.2, -0.15) is 0 Å². The van der Waals surface area contributed by atoms with Gasteiger partial charge in [-0.05, 0) is 37.1 Å². The molecule has 4 heteroatoms. The van der Waals surface area contributed by atoms with Gasteiger partial charge in [-0.15, -0.1) is 0 Å². The van der Waals surface area contributed by atoms with E-state index in [2.05, 4.69) is 11.5 Å². The van der Waals surface area contributed by atoms with E-state index in [9.17, 15) is 4.79 Å². The largest absolute Gasteiger partial charge is 0.490 e. The van der Waals surface area contributed by atoms with Gasteiger partial charge in [-0.25, -0.2) is 0 Å². The topological polar surface area (TPSA) is 49.8 Å². The van der Waals surface area contributed by atoms with Crippen molar-refractivity contribution in [2.75, 3.05) is 19.7 Å². The normalized spacial score (nSPS) is 19.5. The highest BCUT2D eigenvalue weighted by atomic mass is 16.5. The van der Waals surface area contributed by atoms with E-state index < -0.39 is 5.97 Å². The molecule has 4 nitrogen and oxygen atoms in total. The maximum atomic E-state index is 11.1. The first-order chi connectivity index (χ1) is 9.69. The molecule has 20 heavy (non-hydrogen) atoms. The fourth-order valence-electron chi connectivity index (χ4n) is 2.55. The number of ether oxygens (including phenoxy) is 1. The highest BCUT2D eigenvalue weighted by Gasteiger charge is 2.25. The zero-order chi connectivity index (χ0) is 14.4. The van der Waals surface area contributed by atoms with Gasteiger partial charge < -0.3 is 9.84 Å². The summed E-state index contributed by atoms with van der Waals surface area (Å²) in [5.41, 5.74) is 1.15. The van der Waals surface area contributed by atoms with Gasteiger partial charge in [0.25, 0.3) is 0 Å². The molecule has 1 unspecified atom stereocenters. The SMILES string of the molecule is C=CCOc1cccc(CN2CCCC(C(=O)O)C2)c1.